The monoisotopic (exact) mass is 387 g/mol. The summed E-state index contributed by atoms with van der Waals surface area (Å²) in [5.74, 6) is -0.251. The highest BCUT2D eigenvalue weighted by Gasteiger charge is 2.15. The molecule has 2 heterocycles. The lowest BCUT2D eigenvalue weighted by Gasteiger charge is -2.12. The summed E-state index contributed by atoms with van der Waals surface area (Å²) in [6.45, 7) is 4.14. The van der Waals surface area contributed by atoms with Crippen molar-refractivity contribution in [2.45, 2.75) is 13.8 Å². The molecule has 0 aliphatic heterocycles. The second-order valence-corrected chi connectivity index (χ2v) is 7.03. The first kappa shape index (κ1) is 18.1. The Kier molecular flexibility index (Phi) is 4.80. The SMILES string of the molecule is Cc1ccc(-c2cc(C(=O)Nc3cccnc3Cl)c3ccccc3n2)cc1C. The second-order valence-electron chi connectivity index (χ2n) is 6.67. The van der Waals surface area contributed by atoms with Gasteiger partial charge in [0.2, 0.25) is 0 Å². The first-order valence-electron chi connectivity index (χ1n) is 8.92. The van der Waals surface area contributed by atoms with E-state index in [9.17, 15) is 4.79 Å². The molecule has 0 radical (unpaired) electrons. The summed E-state index contributed by atoms with van der Waals surface area (Å²) in [6.07, 6.45) is 1.58. The van der Waals surface area contributed by atoms with E-state index in [2.05, 4.69) is 36.3 Å². The van der Waals surface area contributed by atoms with Crippen LogP contribution in [0.2, 0.25) is 5.15 Å². The molecule has 4 rings (SSSR count). The number of fused-ring (bicyclic) bond motifs is 1. The molecule has 1 N–H and O–H groups in total. The van der Waals surface area contributed by atoms with Crippen LogP contribution in [0, 0.1) is 13.8 Å². The van der Waals surface area contributed by atoms with E-state index < -0.39 is 0 Å². The number of anilines is 1. The first-order valence-corrected chi connectivity index (χ1v) is 9.30. The topological polar surface area (TPSA) is 54.9 Å². The van der Waals surface area contributed by atoms with Crippen molar-refractivity contribution in [1.82, 2.24) is 9.97 Å². The summed E-state index contributed by atoms with van der Waals surface area (Å²) >= 11 is 6.10. The van der Waals surface area contributed by atoms with E-state index in [4.69, 9.17) is 16.6 Å². The molecule has 0 aliphatic rings. The molecule has 2 aromatic carbocycles. The van der Waals surface area contributed by atoms with Crippen molar-refractivity contribution in [3.05, 3.63) is 88.7 Å². The average molecular weight is 388 g/mol. The van der Waals surface area contributed by atoms with Crippen LogP contribution in [0.15, 0.2) is 66.9 Å². The Morgan fingerprint density at radius 1 is 0.964 bits per heavy atom. The molecule has 0 atom stereocenters. The van der Waals surface area contributed by atoms with E-state index in [1.54, 1.807) is 18.3 Å². The minimum atomic E-state index is -0.251. The van der Waals surface area contributed by atoms with Crippen LogP contribution in [0.5, 0.6) is 0 Å². The Morgan fingerprint density at radius 2 is 1.79 bits per heavy atom. The molecular formula is C23H18ClN3O. The minimum Gasteiger partial charge on any atom is -0.319 e. The standard InChI is InChI=1S/C23H18ClN3O/c1-14-9-10-16(12-15(14)2)21-13-18(17-6-3-4-7-19(17)26-21)23(28)27-20-8-5-11-25-22(20)24/h3-13H,1-2H3,(H,27,28). The number of nitrogens with zero attached hydrogens (tertiary/aromatic N) is 2. The summed E-state index contributed by atoms with van der Waals surface area (Å²) in [5.41, 5.74) is 5.91. The number of benzene rings is 2. The zero-order valence-electron chi connectivity index (χ0n) is 15.5. The Hall–Kier alpha value is -3.24. The number of halogens is 1. The van der Waals surface area contributed by atoms with Gasteiger partial charge < -0.3 is 5.32 Å². The van der Waals surface area contributed by atoms with Gasteiger partial charge in [-0.05, 0) is 55.3 Å². The largest absolute Gasteiger partial charge is 0.319 e. The van der Waals surface area contributed by atoms with Gasteiger partial charge in [-0.3, -0.25) is 4.79 Å². The Balaban J connectivity index is 1.83. The van der Waals surface area contributed by atoms with Crippen molar-refractivity contribution >= 4 is 34.1 Å². The van der Waals surface area contributed by atoms with Crippen LogP contribution >= 0.6 is 11.6 Å². The Bertz CT molecular complexity index is 1200. The van der Waals surface area contributed by atoms with E-state index in [1.165, 1.54) is 11.1 Å². The van der Waals surface area contributed by atoms with E-state index >= 15 is 0 Å². The van der Waals surface area contributed by atoms with Gasteiger partial charge in [-0.1, -0.05) is 41.9 Å². The molecular weight excluding hydrogens is 370 g/mol. The van der Waals surface area contributed by atoms with Crippen molar-refractivity contribution in [2.24, 2.45) is 0 Å². The van der Waals surface area contributed by atoms with Crippen molar-refractivity contribution in [3.8, 4) is 11.3 Å². The molecule has 28 heavy (non-hydrogen) atoms. The molecule has 5 heteroatoms. The van der Waals surface area contributed by atoms with Crippen molar-refractivity contribution in [2.75, 3.05) is 5.32 Å². The molecule has 138 valence electrons. The number of para-hydroxylation sites is 1. The fraction of sp³-hybridized carbons (Fsp3) is 0.0870. The number of rotatable bonds is 3. The Labute approximate surface area is 168 Å². The van der Waals surface area contributed by atoms with E-state index in [-0.39, 0.29) is 11.1 Å². The second kappa shape index (κ2) is 7.41. The molecule has 0 saturated heterocycles. The highest BCUT2D eigenvalue weighted by Crippen LogP contribution is 2.27. The van der Waals surface area contributed by atoms with Crippen LogP contribution in [-0.4, -0.2) is 15.9 Å². The number of pyridine rings is 2. The molecule has 1 amide bonds. The lowest BCUT2D eigenvalue weighted by Crippen LogP contribution is -2.13. The molecule has 2 aromatic heterocycles. The number of aryl methyl sites for hydroxylation is 2. The van der Waals surface area contributed by atoms with E-state index in [1.807, 2.05) is 36.4 Å². The number of aromatic nitrogens is 2. The number of hydrogen-bond acceptors (Lipinski definition) is 3. The number of carbonyl (C=O) groups is 1. The van der Waals surface area contributed by atoms with Crippen LogP contribution in [0.1, 0.15) is 21.5 Å². The number of carbonyl (C=O) groups excluding carboxylic acids is 1. The van der Waals surface area contributed by atoms with Crippen LogP contribution in [0.4, 0.5) is 5.69 Å². The summed E-state index contributed by atoms with van der Waals surface area (Å²) in [4.78, 5) is 21.8. The fourth-order valence-electron chi connectivity index (χ4n) is 3.08. The van der Waals surface area contributed by atoms with Gasteiger partial charge in [-0.15, -0.1) is 0 Å². The van der Waals surface area contributed by atoms with Crippen LogP contribution in [-0.2, 0) is 0 Å². The molecule has 0 fully saturated rings. The molecule has 0 spiro atoms. The molecule has 4 aromatic rings. The van der Waals surface area contributed by atoms with Gasteiger partial charge in [0.15, 0.2) is 5.15 Å². The zero-order valence-corrected chi connectivity index (χ0v) is 16.3. The predicted molar refractivity (Wildman–Crippen MR) is 114 cm³/mol. The van der Waals surface area contributed by atoms with Gasteiger partial charge in [-0.2, -0.15) is 0 Å². The highest BCUT2D eigenvalue weighted by atomic mass is 35.5. The molecule has 0 unspecified atom stereocenters. The van der Waals surface area contributed by atoms with Gasteiger partial charge in [0.05, 0.1) is 22.5 Å². The normalized spacial score (nSPS) is 10.8. The van der Waals surface area contributed by atoms with Gasteiger partial charge in [0, 0.05) is 17.1 Å². The number of nitrogens with one attached hydrogen (secondary N) is 1. The summed E-state index contributed by atoms with van der Waals surface area (Å²) in [5, 5.41) is 3.89. The van der Waals surface area contributed by atoms with Gasteiger partial charge >= 0.3 is 0 Å². The van der Waals surface area contributed by atoms with E-state index in [0.29, 0.717) is 11.3 Å². The summed E-state index contributed by atoms with van der Waals surface area (Å²) in [7, 11) is 0. The maximum absolute atomic E-state index is 13.1. The van der Waals surface area contributed by atoms with Crippen LogP contribution in [0.3, 0.4) is 0 Å². The third-order valence-electron chi connectivity index (χ3n) is 4.77. The first-order chi connectivity index (χ1) is 13.5. The smallest absolute Gasteiger partial charge is 0.256 e. The molecule has 0 aliphatic carbocycles. The minimum absolute atomic E-state index is 0.251. The number of hydrogen-bond donors (Lipinski definition) is 1. The number of amides is 1. The van der Waals surface area contributed by atoms with E-state index in [0.717, 1.165) is 22.2 Å². The van der Waals surface area contributed by atoms with Crippen molar-refractivity contribution in [3.63, 3.8) is 0 Å². The Morgan fingerprint density at radius 3 is 2.57 bits per heavy atom. The van der Waals surface area contributed by atoms with Crippen molar-refractivity contribution in [1.29, 1.82) is 0 Å². The third-order valence-corrected chi connectivity index (χ3v) is 5.07. The lowest BCUT2D eigenvalue weighted by atomic mass is 10.0. The van der Waals surface area contributed by atoms with Gasteiger partial charge in [0.1, 0.15) is 0 Å². The quantitative estimate of drug-likeness (QED) is 0.450. The molecule has 0 saturated carbocycles. The maximum Gasteiger partial charge on any atom is 0.256 e. The summed E-state index contributed by atoms with van der Waals surface area (Å²) in [6, 6.07) is 19.1. The zero-order chi connectivity index (χ0) is 19.7. The fourth-order valence-corrected chi connectivity index (χ4v) is 3.25. The summed E-state index contributed by atoms with van der Waals surface area (Å²) < 4.78 is 0. The van der Waals surface area contributed by atoms with Crippen LogP contribution in [0.25, 0.3) is 22.2 Å². The van der Waals surface area contributed by atoms with Gasteiger partial charge in [0.25, 0.3) is 5.91 Å². The van der Waals surface area contributed by atoms with Crippen molar-refractivity contribution < 1.29 is 4.79 Å². The van der Waals surface area contributed by atoms with Gasteiger partial charge in [-0.25, -0.2) is 9.97 Å². The molecule has 4 nitrogen and oxygen atoms in total. The molecule has 0 bridgehead atoms. The predicted octanol–water partition coefficient (Wildman–Crippen LogP) is 5.82. The lowest BCUT2D eigenvalue weighted by molar-refractivity contribution is 0.102. The third kappa shape index (κ3) is 3.47. The maximum atomic E-state index is 13.1. The average Bonchev–Trinajstić information content (AvgIpc) is 2.71. The highest BCUT2D eigenvalue weighted by molar-refractivity contribution is 6.32. The van der Waals surface area contributed by atoms with Crippen LogP contribution < -0.4 is 5.32 Å².